The van der Waals surface area contributed by atoms with E-state index >= 15 is 0 Å². The lowest BCUT2D eigenvalue weighted by atomic mass is 9.97. The normalized spacial score (nSPS) is 14.7. The van der Waals surface area contributed by atoms with Crippen molar-refractivity contribution in [2.45, 2.75) is 38.1 Å². The first-order valence-electron chi connectivity index (χ1n) is 8.37. The van der Waals surface area contributed by atoms with Gasteiger partial charge in [-0.2, -0.15) is 0 Å². The number of carbonyl (C=O) groups excluding carboxylic acids is 2. The molecule has 4 heteroatoms. The third-order valence-corrected chi connectivity index (χ3v) is 4.20. The van der Waals surface area contributed by atoms with Gasteiger partial charge in [-0.1, -0.05) is 37.3 Å². The average molecular weight is 322 g/mol. The fourth-order valence-electron chi connectivity index (χ4n) is 2.59. The second-order valence-electron chi connectivity index (χ2n) is 6.39. The molecule has 3 rings (SSSR count). The van der Waals surface area contributed by atoms with Crippen LogP contribution in [0.25, 0.3) is 0 Å². The van der Waals surface area contributed by atoms with E-state index in [9.17, 15) is 9.59 Å². The molecule has 2 aromatic rings. The summed E-state index contributed by atoms with van der Waals surface area (Å²) < 4.78 is 0. The van der Waals surface area contributed by atoms with Crippen LogP contribution in [0.2, 0.25) is 0 Å². The summed E-state index contributed by atoms with van der Waals surface area (Å²) in [6.07, 6.45) is 2.56. The van der Waals surface area contributed by atoms with Gasteiger partial charge in [-0.3, -0.25) is 9.59 Å². The molecule has 0 saturated heterocycles. The molecule has 0 bridgehead atoms. The largest absolute Gasteiger partial charge is 0.349 e. The zero-order chi connectivity index (χ0) is 16.9. The average Bonchev–Trinajstić information content (AvgIpc) is 3.40. The Morgan fingerprint density at radius 2 is 1.71 bits per heavy atom. The summed E-state index contributed by atoms with van der Waals surface area (Å²) in [5, 5.41) is 5.84. The van der Waals surface area contributed by atoms with Crippen LogP contribution in [0.4, 0.5) is 5.69 Å². The first kappa shape index (κ1) is 16.2. The molecule has 2 N–H and O–H groups in total. The van der Waals surface area contributed by atoms with Gasteiger partial charge in [0.25, 0.3) is 5.91 Å². The molecule has 0 heterocycles. The fraction of sp³-hybridized carbons (Fsp3) is 0.300. The van der Waals surface area contributed by atoms with E-state index in [0.29, 0.717) is 23.7 Å². The van der Waals surface area contributed by atoms with Crippen molar-refractivity contribution in [1.82, 2.24) is 5.32 Å². The van der Waals surface area contributed by atoms with Gasteiger partial charge in [-0.25, -0.2) is 0 Å². The summed E-state index contributed by atoms with van der Waals surface area (Å²) in [4.78, 5) is 24.1. The molecule has 2 amide bonds. The molecule has 1 saturated carbocycles. The van der Waals surface area contributed by atoms with Crippen molar-refractivity contribution in [3.05, 3.63) is 65.7 Å². The van der Waals surface area contributed by atoms with Crippen molar-refractivity contribution in [2.24, 2.45) is 0 Å². The van der Waals surface area contributed by atoms with E-state index in [0.717, 1.165) is 18.4 Å². The van der Waals surface area contributed by atoms with E-state index in [1.165, 1.54) is 0 Å². The zero-order valence-electron chi connectivity index (χ0n) is 13.8. The Balaban J connectivity index is 1.53. The molecule has 1 unspecified atom stereocenters. The van der Waals surface area contributed by atoms with Crippen LogP contribution in [0.1, 0.15) is 48.0 Å². The molecule has 4 nitrogen and oxygen atoms in total. The van der Waals surface area contributed by atoms with Crippen LogP contribution >= 0.6 is 0 Å². The number of anilines is 1. The lowest BCUT2D eigenvalue weighted by Gasteiger charge is -2.12. The zero-order valence-corrected chi connectivity index (χ0v) is 13.8. The Kier molecular flexibility index (Phi) is 4.94. The van der Waals surface area contributed by atoms with E-state index in [4.69, 9.17) is 0 Å². The molecule has 124 valence electrons. The molecule has 0 aliphatic heterocycles. The van der Waals surface area contributed by atoms with Gasteiger partial charge in [0.2, 0.25) is 5.91 Å². The molecular weight excluding hydrogens is 300 g/mol. The van der Waals surface area contributed by atoms with Crippen molar-refractivity contribution >= 4 is 17.5 Å². The summed E-state index contributed by atoms with van der Waals surface area (Å²) in [6, 6.07) is 17.4. The van der Waals surface area contributed by atoms with Gasteiger partial charge in [0.1, 0.15) is 0 Å². The standard InChI is InChI=1S/C20H22N2O2/c1-14(15-5-3-2-4-6-15)13-19(23)21-17-9-7-16(8-10-17)20(24)22-18-11-12-18/h2-10,14,18H,11-13H2,1H3,(H,21,23)(H,22,24). The van der Waals surface area contributed by atoms with Gasteiger partial charge < -0.3 is 10.6 Å². The number of nitrogens with one attached hydrogen (secondary N) is 2. The lowest BCUT2D eigenvalue weighted by Crippen LogP contribution is -2.25. The Labute approximate surface area is 142 Å². The second-order valence-corrected chi connectivity index (χ2v) is 6.39. The van der Waals surface area contributed by atoms with Gasteiger partial charge >= 0.3 is 0 Å². The molecule has 24 heavy (non-hydrogen) atoms. The highest BCUT2D eigenvalue weighted by molar-refractivity contribution is 5.96. The maximum atomic E-state index is 12.2. The molecule has 0 aromatic heterocycles. The van der Waals surface area contributed by atoms with Crippen LogP contribution in [0.3, 0.4) is 0 Å². The highest BCUT2D eigenvalue weighted by Crippen LogP contribution is 2.21. The molecular formula is C20H22N2O2. The molecule has 0 spiro atoms. The van der Waals surface area contributed by atoms with Gasteiger partial charge in [-0.15, -0.1) is 0 Å². The highest BCUT2D eigenvalue weighted by Gasteiger charge is 2.23. The van der Waals surface area contributed by atoms with Crippen molar-refractivity contribution < 1.29 is 9.59 Å². The van der Waals surface area contributed by atoms with Gasteiger partial charge in [0.05, 0.1) is 0 Å². The minimum Gasteiger partial charge on any atom is -0.349 e. The van der Waals surface area contributed by atoms with Gasteiger partial charge in [-0.05, 0) is 48.6 Å². The van der Waals surface area contributed by atoms with E-state index in [2.05, 4.69) is 10.6 Å². The first-order valence-corrected chi connectivity index (χ1v) is 8.37. The number of carbonyl (C=O) groups is 2. The monoisotopic (exact) mass is 322 g/mol. The van der Waals surface area contributed by atoms with Crippen LogP contribution in [0, 0.1) is 0 Å². The van der Waals surface area contributed by atoms with Crippen molar-refractivity contribution in [3.63, 3.8) is 0 Å². The predicted octanol–water partition coefficient (Wildman–Crippen LogP) is 3.71. The third-order valence-electron chi connectivity index (χ3n) is 4.20. The molecule has 1 atom stereocenters. The Morgan fingerprint density at radius 3 is 2.33 bits per heavy atom. The van der Waals surface area contributed by atoms with Gasteiger partial charge in [0.15, 0.2) is 0 Å². The number of amides is 2. The number of rotatable bonds is 6. The summed E-state index contributed by atoms with van der Waals surface area (Å²) in [7, 11) is 0. The third kappa shape index (κ3) is 4.44. The number of benzene rings is 2. The van der Waals surface area contributed by atoms with E-state index in [1.54, 1.807) is 24.3 Å². The van der Waals surface area contributed by atoms with Crippen LogP contribution in [-0.2, 0) is 4.79 Å². The smallest absolute Gasteiger partial charge is 0.251 e. The van der Waals surface area contributed by atoms with Crippen molar-refractivity contribution in [3.8, 4) is 0 Å². The lowest BCUT2D eigenvalue weighted by molar-refractivity contribution is -0.116. The minimum absolute atomic E-state index is 0.0264. The maximum Gasteiger partial charge on any atom is 0.251 e. The summed E-state index contributed by atoms with van der Waals surface area (Å²) >= 11 is 0. The van der Waals surface area contributed by atoms with E-state index in [1.807, 2.05) is 37.3 Å². The molecule has 1 aliphatic rings. The second kappa shape index (κ2) is 7.30. The predicted molar refractivity (Wildman–Crippen MR) is 95.0 cm³/mol. The van der Waals surface area contributed by atoms with Crippen LogP contribution in [-0.4, -0.2) is 17.9 Å². The Bertz CT molecular complexity index is 706. The van der Waals surface area contributed by atoms with Gasteiger partial charge in [0, 0.05) is 23.7 Å². The van der Waals surface area contributed by atoms with E-state index < -0.39 is 0 Å². The quantitative estimate of drug-likeness (QED) is 0.852. The summed E-state index contributed by atoms with van der Waals surface area (Å²) in [6.45, 7) is 2.04. The van der Waals surface area contributed by atoms with Crippen molar-refractivity contribution in [1.29, 1.82) is 0 Å². The van der Waals surface area contributed by atoms with E-state index in [-0.39, 0.29) is 17.7 Å². The number of hydrogen-bond donors (Lipinski definition) is 2. The first-order chi connectivity index (χ1) is 11.6. The van der Waals surface area contributed by atoms with Crippen LogP contribution in [0.15, 0.2) is 54.6 Å². The van der Waals surface area contributed by atoms with Crippen LogP contribution in [0.5, 0.6) is 0 Å². The fourth-order valence-corrected chi connectivity index (χ4v) is 2.59. The maximum absolute atomic E-state index is 12.2. The summed E-state index contributed by atoms with van der Waals surface area (Å²) in [5.41, 5.74) is 2.49. The summed E-state index contributed by atoms with van der Waals surface area (Å²) in [5.74, 6) is 0.0874. The Morgan fingerprint density at radius 1 is 1.04 bits per heavy atom. The molecule has 2 aromatic carbocycles. The highest BCUT2D eigenvalue weighted by atomic mass is 16.2. The minimum atomic E-state index is -0.0481. The SMILES string of the molecule is CC(CC(=O)Nc1ccc(C(=O)NC2CC2)cc1)c1ccccc1. The Hall–Kier alpha value is -2.62. The molecule has 1 aliphatic carbocycles. The van der Waals surface area contributed by atoms with Crippen LogP contribution < -0.4 is 10.6 Å². The molecule has 0 radical (unpaired) electrons. The topological polar surface area (TPSA) is 58.2 Å². The number of hydrogen-bond acceptors (Lipinski definition) is 2. The van der Waals surface area contributed by atoms with Crippen molar-refractivity contribution in [2.75, 3.05) is 5.32 Å². The molecule has 1 fully saturated rings.